The molecular formula is C12H16N4O4. The fraction of sp³-hybridized carbons (Fsp3) is 0.500. The number of likely N-dealkylation sites (tertiary alicyclic amines) is 1. The predicted molar refractivity (Wildman–Crippen MR) is 71.5 cm³/mol. The highest BCUT2D eigenvalue weighted by Gasteiger charge is 2.27. The number of pyridine rings is 1. The average molecular weight is 280 g/mol. The van der Waals surface area contributed by atoms with E-state index in [9.17, 15) is 14.9 Å². The molecule has 1 atom stereocenters. The molecule has 1 N–H and O–H groups in total. The first-order valence-electron chi connectivity index (χ1n) is 6.39. The van der Waals surface area contributed by atoms with Gasteiger partial charge in [0.15, 0.2) is 0 Å². The van der Waals surface area contributed by atoms with Gasteiger partial charge in [-0.15, -0.1) is 0 Å². The van der Waals surface area contributed by atoms with Gasteiger partial charge in [-0.3, -0.25) is 10.1 Å². The highest BCUT2D eigenvalue weighted by atomic mass is 16.6. The first-order chi connectivity index (χ1) is 9.60. The molecule has 1 saturated heterocycles. The maximum atomic E-state index is 11.5. The molecule has 0 aromatic carbocycles. The van der Waals surface area contributed by atoms with Gasteiger partial charge in [0.25, 0.3) is 5.69 Å². The SMILES string of the molecule is CCOC(=O)N1CC[C@H](Nc2ccc([N+](=O)[O-])cn2)C1. The number of ether oxygens (including phenoxy) is 1. The van der Waals surface area contributed by atoms with Crippen LogP contribution >= 0.6 is 0 Å². The molecule has 0 aliphatic carbocycles. The van der Waals surface area contributed by atoms with Crippen molar-refractivity contribution in [2.75, 3.05) is 25.0 Å². The molecule has 1 fully saturated rings. The maximum Gasteiger partial charge on any atom is 0.409 e. The van der Waals surface area contributed by atoms with Gasteiger partial charge in [-0.05, 0) is 19.4 Å². The largest absolute Gasteiger partial charge is 0.450 e. The average Bonchev–Trinajstić information content (AvgIpc) is 2.88. The number of amides is 1. The number of anilines is 1. The Hall–Kier alpha value is -2.38. The Bertz CT molecular complexity index is 491. The molecule has 0 radical (unpaired) electrons. The van der Waals surface area contributed by atoms with Gasteiger partial charge in [0.1, 0.15) is 12.0 Å². The molecule has 8 nitrogen and oxygen atoms in total. The highest BCUT2D eigenvalue weighted by molar-refractivity contribution is 5.68. The van der Waals surface area contributed by atoms with Gasteiger partial charge in [0.2, 0.25) is 0 Å². The summed E-state index contributed by atoms with van der Waals surface area (Å²) in [5, 5.41) is 13.7. The van der Waals surface area contributed by atoms with Crippen molar-refractivity contribution < 1.29 is 14.5 Å². The van der Waals surface area contributed by atoms with Gasteiger partial charge in [-0.2, -0.15) is 0 Å². The minimum absolute atomic E-state index is 0.0462. The van der Waals surface area contributed by atoms with Crippen LogP contribution in [0, 0.1) is 10.1 Å². The Morgan fingerprint density at radius 1 is 1.65 bits per heavy atom. The molecule has 2 rings (SSSR count). The van der Waals surface area contributed by atoms with Crippen LogP contribution in [0.15, 0.2) is 18.3 Å². The van der Waals surface area contributed by atoms with E-state index in [4.69, 9.17) is 4.74 Å². The highest BCUT2D eigenvalue weighted by Crippen LogP contribution is 2.17. The van der Waals surface area contributed by atoms with E-state index in [-0.39, 0.29) is 17.8 Å². The molecule has 108 valence electrons. The zero-order chi connectivity index (χ0) is 14.5. The summed E-state index contributed by atoms with van der Waals surface area (Å²) in [6.07, 6.45) is 1.69. The second-order valence-corrected chi connectivity index (χ2v) is 4.43. The minimum Gasteiger partial charge on any atom is -0.450 e. The second-order valence-electron chi connectivity index (χ2n) is 4.43. The topological polar surface area (TPSA) is 97.6 Å². The van der Waals surface area contributed by atoms with Crippen molar-refractivity contribution >= 4 is 17.6 Å². The van der Waals surface area contributed by atoms with Gasteiger partial charge in [0.05, 0.1) is 11.5 Å². The molecule has 0 unspecified atom stereocenters. The van der Waals surface area contributed by atoms with E-state index in [2.05, 4.69) is 10.3 Å². The molecule has 1 amide bonds. The number of nitrogens with one attached hydrogen (secondary N) is 1. The predicted octanol–water partition coefficient (Wildman–Crippen LogP) is 1.63. The maximum absolute atomic E-state index is 11.5. The summed E-state index contributed by atoms with van der Waals surface area (Å²) >= 11 is 0. The number of nitrogens with zero attached hydrogens (tertiary/aromatic N) is 3. The van der Waals surface area contributed by atoms with Crippen LogP contribution in [0.3, 0.4) is 0 Å². The second kappa shape index (κ2) is 6.18. The number of carbonyl (C=O) groups excluding carboxylic acids is 1. The molecule has 20 heavy (non-hydrogen) atoms. The molecule has 0 saturated carbocycles. The quantitative estimate of drug-likeness (QED) is 0.665. The summed E-state index contributed by atoms with van der Waals surface area (Å²) in [6, 6.07) is 3.03. The Morgan fingerprint density at radius 2 is 2.45 bits per heavy atom. The van der Waals surface area contributed by atoms with Gasteiger partial charge >= 0.3 is 6.09 Å². The van der Waals surface area contributed by atoms with Crippen molar-refractivity contribution in [3.05, 3.63) is 28.4 Å². The number of nitro groups is 1. The first-order valence-corrected chi connectivity index (χ1v) is 6.39. The molecule has 1 aromatic heterocycles. The molecule has 1 aromatic rings. The van der Waals surface area contributed by atoms with E-state index in [1.54, 1.807) is 17.9 Å². The molecular weight excluding hydrogens is 264 g/mol. The summed E-state index contributed by atoms with van der Waals surface area (Å²) in [6.45, 7) is 3.29. The van der Waals surface area contributed by atoms with Crippen LogP contribution in [0.4, 0.5) is 16.3 Å². The standard InChI is InChI=1S/C12H16N4O4/c1-2-20-12(17)15-6-5-9(8-15)14-11-4-3-10(7-13-11)16(18)19/h3-4,7,9H,2,5-6,8H2,1H3,(H,13,14)/t9-/m0/s1. The summed E-state index contributed by atoms with van der Waals surface area (Å²) in [5.41, 5.74) is -0.0462. The Morgan fingerprint density at radius 3 is 3.05 bits per heavy atom. The lowest BCUT2D eigenvalue weighted by atomic mass is 10.2. The molecule has 1 aliphatic heterocycles. The number of hydrogen-bond acceptors (Lipinski definition) is 6. The fourth-order valence-electron chi connectivity index (χ4n) is 2.05. The fourth-order valence-corrected chi connectivity index (χ4v) is 2.05. The first kappa shape index (κ1) is 14.0. The van der Waals surface area contributed by atoms with Crippen molar-refractivity contribution in [1.82, 2.24) is 9.88 Å². The van der Waals surface area contributed by atoms with Crippen LogP contribution in [-0.4, -0.2) is 46.6 Å². The summed E-state index contributed by atoms with van der Waals surface area (Å²) in [4.78, 5) is 27.2. The van der Waals surface area contributed by atoms with Gasteiger partial charge < -0.3 is 15.0 Å². The Balaban J connectivity index is 1.88. The van der Waals surface area contributed by atoms with Gasteiger partial charge in [0, 0.05) is 25.2 Å². The van der Waals surface area contributed by atoms with E-state index < -0.39 is 4.92 Å². The van der Waals surface area contributed by atoms with E-state index in [0.717, 1.165) is 6.42 Å². The zero-order valence-corrected chi connectivity index (χ0v) is 11.1. The lowest BCUT2D eigenvalue weighted by Gasteiger charge is -2.16. The molecule has 2 heterocycles. The van der Waals surface area contributed by atoms with Crippen LogP contribution in [0.25, 0.3) is 0 Å². The summed E-state index contributed by atoms with van der Waals surface area (Å²) in [5.74, 6) is 0.561. The molecule has 0 spiro atoms. The number of aromatic nitrogens is 1. The minimum atomic E-state index is -0.491. The van der Waals surface area contributed by atoms with Crippen LogP contribution in [0.1, 0.15) is 13.3 Å². The molecule has 8 heteroatoms. The van der Waals surface area contributed by atoms with Gasteiger partial charge in [-0.1, -0.05) is 0 Å². The summed E-state index contributed by atoms with van der Waals surface area (Å²) < 4.78 is 4.94. The van der Waals surface area contributed by atoms with Crippen molar-refractivity contribution in [2.24, 2.45) is 0 Å². The van der Waals surface area contributed by atoms with Crippen molar-refractivity contribution in [2.45, 2.75) is 19.4 Å². The van der Waals surface area contributed by atoms with E-state index in [1.807, 2.05) is 0 Å². The van der Waals surface area contributed by atoms with Crippen LogP contribution < -0.4 is 5.32 Å². The number of carbonyl (C=O) groups is 1. The molecule has 1 aliphatic rings. The Kier molecular flexibility index (Phi) is 4.34. The van der Waals surface area contributed by atoms with Crippen LogP contribution in [-0.2, 0) is 4.74 Å². The lowest BCUT2D eigenvalue weighted by molar-refractivity contribution is -0.385. The van der Waals surface area contributed by atoms with Crippen molar-refractivity contribution in [3.63, 3.8) is 0 Å². The normalized spacial score (nSPS) is 17.9. The summed E-state index contributed by atoms with van der Waals surface area (Å²) in [7, 11) is 0. The van der Waals surface area contributed by atoms with Crippen LogP contribution in [0.5, 0.6) is 0 Å². The van der Waals surface area contributed by atoms with E-state index in [0.29, 0.717) is 25.5 Å². The van der Waals surface area contributed by atoms with Gasteiger partial charge in [-0.25, -0.2) is 9.78 Å². The zero-order valence-electron chi connectivity index (χ0n) is 11.1. The Labute approximate surface area is 115 Å². The van der Waals surface area contributed by atoms with E-state index >= 15 is 0 Å². The number of rotatable bonds is 4. The smallest absolute Gasteiger partial charge is 0.409 e. The lowest BCUT2D eigenvalue weighted by Crippen LogP contribution is -2.32. The third kappa shape index (κ3) is 3.34. The van der Waals surface area contributed by atoms with Crippen molar-refractivity contribution in [3.8, 4) is 0 Å². The third-order valence-corrected chi connectivity index (χ3v) is 3.02. The monoisotopic (exact) mass is 280 g/mol. The third-order valence-electron chi connectivity index (χ3n) is 3.02. The number of hydrogen-bond donors (Lipinski definition) is 1. The van der Waals surface area contributed by atoms with Crippen LogP contribution in [0.2, 0.25) is 0 Å². The van der Waals surface area contributed by atoms with E-state index in [1.165, 1.54) is 12.3 Å². The molecule has 0 bridgehead atoms. The van der Waals surface area contributed by atoms with Crippen molar-refractivity contribution in [1.29, 1.82) is 0 Å².